The second-order valence-corrected chi connectivity index (χ2v) is 53.6. The molecule has 1 nitrogen and oxygen atoms in total. The maximum atomic E-state index is 3.43. The van der Waals surface area contributed by atoms with E-state index in [0.717, 1.165) is 0 Å². The summed E-state index contributed by atoms with van der Waals surface area (Å²) in [6.45, 7) is 34.3. The molecule has 0 bridgehead atoms. The third-order valence-electron chi connectivity index (χ3n) is 23.0. The Morgan fingerprint density at radius 1 is 0.213 bits per heavy atom. The number of hydrogen-bond donors (Lipinski definition) is 0. The van der Waals surface area contributed by atoms with Gasteiger partial charge in [0.15, 0.2) is 0 Å². The van der Waals surface area contributed by atoms with Gasteiger partial charge < -0.3 is 0 Å². The molecule has 0 spiro atoms. The minimum Gasteiger partial charge on any atom is -0.242 e. The van der Waals surface area contributed by atoms with Gasteiger partial charge in [-0.05, 0) is 34.1 Å². The summed E-state index contributed by atoms with van der Waals surface area (Å²) in [6.07, 6.45) is 48.3. The molecule has 0 amide bonds. The van der Waals surface area contributed by atoms with Gasteiger partial charge in [-0.2, -0.15) is 0 Å². The lowest BCUT2D eigenvalue weighted by Crippen LogP contribution is -2.48. The number of rotatable bonds is 59. The van der Waals surface area contributed by atoms with Crippen LogP contribution in [0.15, 0.2) is 97.1 Å². The van der Waals surface area contributed by atoms with Crippen molar-refractivity contribution in [2.75, 3.05) is 0 Å². The largest absolute Gasteiger partial charge is 0.242 e. The lowest BCUT2D eigenvalue weighted by atomic mass is 10.0. The molecule has 4 aromatic carbocycles. The summed E-state index contributed by atoms with van der Waals surface area (Å²) in [5.74, 6) is 0. The predicted octanol–water partition coefficient (Wildman–Crippen LogP) is 26.7. The Balaban J connectivity index is 2.35. The van der Waals surface area contributed by atoms with Crippen molar-refractivity contribution >= 4 is 90.4 Å². The van der Waals surface area contributed by atoms with Crippen molar-refractivity contribution in [2.45, 2.75) is 407 Å². The van der Waals surface area contributed by atoms with Gasteiger partial charge >= 0.3 is 0 Å². The van der Waals surface area contributed by atoms with Crippen LogP contribution in [0.2, 0.25) is 72.5 Å². The molecule has 0 atom stereocenters. The summed E-state index contributed by atoms with van der Waals surface area (Å²) < 4.78 is 3.43. The summed E-state index contributed by atoms with van der Waals surface area (Å²) in [4.78, 5) is 0. The van der Waals surface area contributed by atoms with E-state index in [1.807, 2.05) is 0 Å². The topological polar surface area (TPSA) is 3.24 Å². The van der Waals surface area contributed by atoms with Crippen LogP contribution in [0, 0.1) is 0 Å². The first-order valence-electron chi connectivity index (χ1n) is 41.8. The van der Waals surface area contributed by atoms with Crippen LogP contribution in [0.5, 0.6) is 0 Å². The first-order valence-corrected chi connectivity index (χ1v) is 54.9. The van der Waals surface area contributed by atoms with Crippen LogP contribution in [0.25, 0.3) is 0 Å². The van der Waals surface area contributed by atoms with Crippen molar-refractivity contribution in [1.29, 1.82) is 0 Å². The van der Waals surface area contributed by atoms with E-state index in [9.17, 15) is 0 Å². The summed E-state index contributed by atoms with van der Waals surface area (Å²) >= 11 is 0. The van der Waals surface area contributed by atoms with Crippen LogP contribution in [0.3, 0.4) is 0 Å². The van der Waals surface area contributed by atoms with E-state index >= 15 is 0 Å². The van der Waals surface area contributed by atoms with Gasteiger partial charge in [0.1, 0.15) is 0 Å². The molecule has 0 heterocycles. The molecule has 0 unspecified atom stereocenters. The van der Waals surface area contributed by atoms with Crippen molar-refractivity contribution in [3.63, 3.8) is 0 Å². The second kappa shape index (κ2) is 50.0. The molecular formula is C87H155NP2Si4. The Labute approximate surface area is 594 Å². The molecular weight excluding hydrogens is 1230 g/mol. The Morgan fingerprint density at radius 2 is 0.372 bits per heavy atom. The van der Waals surface area contributed by atoms with E-state index in [1.165, 1.54) is 304 Å². The van der Waals surface area contributed by atoms with Gasteiger partial charge in [0.25, 0.3) is 0 Å². The summed E-state index contributed by atoms with van der Waals surface area (Å²) in [6, 6.07) is 62.9. The lowest BCUT2D eigenvalue weighted by molar-refractivity contribution is 0.395. The molecule has 4 rings (SSSR count). The van der Waals surface area contributed by atoms with Crippen LogP contribution in [-0.2, 0) is 0 Å². The van der Waals surface area contributed by atoms with Crippen molar-refractivity contribution < 1.29 is 0 Å². The third kappa shape index (κ3) is 26.8. The number of hydrogen-bond acceptors (Lipinski definition) is 1. The minimum atomic E-state index is -1.75. The minimum absolute atomic E-state index is 0.484. The molecule has 4 aromatic rings. The fraction of sp³-hybridized carbons (Fsp3) is 0.724. The van der Waals surface area contributed by atoms with E-state index in [-0.39, 0.29) is 0 Å². The normalized spacial score (nSPS) is 12.7. The average Bonchev–Trinajstić information content (AvgIpc) is 0.764. The Hall–Kier alpha value is -1.43. The molecule has 0 aliphatic carbocycles. The molecule has 0 aliphatic heterocycles. The Morgan fingerprint density at radius 3 is 0.532 bits per heavy atom. The Bertz CT molecular complexity index is 2030. The van der Waals surface area contributed by atoms with Crippen LogP contribution in [0.1, 0.15) is 328 Å². The van der Waals surface area contributed by atoms with Gasteiger partial charge in [0.2, 0.25) is 0 Å². The molecule has 0 fully saturated rings. The molecule has 0 radical (unpaired) electrons. The van der Waals surface area contributed by atoms with Crippen LogP contribution in [0.4, 0.5) is 0 Å². The maximum absolute atomic E-state index is 3.43. The zero-order chi connectivity index (χ0) is 68.2. The van der Waals surface area contributed by atoms with Gasteiger partial charge in [-0.25, -0.2) is 4.44 Å². The van der Waals surface area contributed by atoms with E-state index in [0.29, 0.717) is 6.04 Å². The zero-order valence-corrected chi connectivity index (χ0v) is 70.9. The fourth-order valence-corrected chi connectivity index (χ4v) is 45.4. The maximum Gasteiger partial charge on any atom is 0.0867 e. The molecule has 0 aliphatic rings. The monoisotopic (exact) mass is 1390 g/mol. The van der Waals surface area contributed by atoms with Crippen molar-refractivity contribution in [1.82, 2.24) is 4.44 Å². The molecule has 0 aromatic heterocycles. The average molecular weight is 1390 g/mol. The zero-order valence-electron chi connectivity index (χ0n) is 65.1. The lowest BCUT2D eigenvalue weighted by Gasteiger charge is -2.45. The van der Waals surface area contributed by atoms with Crippen molar-refractivity contribution in [2.24, 2.45) is 0 Å². The van der Waals surface area contributed by atoms with Crippen molar-refractivity contribution in [3.05, 3.63) is 97.1 Å². The first-order chi connectivity index (χ1) is 46.0. The Kier molecular flexibility index (Phi) is 45.2. The van der Waals surface area contributed by atoms with Crippen LogP contribution < -0.4 is 42.0 Å². The molecule has 94 heavy (non-hydrogen) atoms. The van der Waals surface area contributed by atoms with E-state index < -0.39 is 48.4 Å². The molecule has 0 saturated carbocycles. The highest BCUT2D eigenvalue weighted by molar-refractivity contribution is 7.84. The van der Waals surface area contributed by atoms with E-state index in [4.69, 9.17) is 0 Å². The van der Waals surface area contributed by atoms with Crippen LogP contribution >= 0.6 is 16.1 Å². The van der Waals surface area contributed by atoms with Gasteiger partial charge in [-0.3, -0.25) is 0 Å². The predicted molar refractivity (Wildman–Crippen MR) is 449 cm³/mol. The first kappa shape index (κ1) is 85.0. The summed E-state index contributed by atoms with van der Waals surface area (Å²) in [5, 5.41) is 13.6. The number of nitrogens with zero attached hydrogens (tertiary/aromatic N) is 1. The summed E-state index contributed by atoms with van der Waals surface area (Å²) in [7, 11) is -8.92. The van der Waals surface area contributed by atoms with E-state index in [2.05, 4.69) is 198 Å². The second-order valence-electron chi connectivity index (χ2n) is 30.6. The SMILES string of the molecule is CCCCCCCC(CCCCCCC)N(P(c1ccc([Si](CCCC)(CCCC)CCCC)cc1)c1ccc([Si](CCCC)(CCCC)CCCC)cc1)P(c1ccc([Si](CCCC)(CCCC)CCCC)cc1)c1ccc([Si](CCCC)(CCCC)CCCC)cc1. The van der Waals surface area contributed by atoms with E-state index in [1.54, 1.807) is 42.0 Å². The molecule has 0 saturated heterocycles. The highest BCUT2D eigenvalue weighted by Crippen LogP contribution is 2.58. The third-order valence-corrected chi connectivity index (χ3v) is 50.7. The number of unbranched alkanes of at least 4 members (excludes halogenated alkanes) is 20. The molecule has 534 valence electrons. The standard InChI is InChI=1S/C87H155NP2Si4/c1-15-29-43-45-47-49-79(50-48-46-44-30-16-2)88(89(80-51-59-84(60-52-80)91(67-31-17-3,68-32-18-4)69-33-19-5)81-53-61-85(62-54-81)92(70-34-20-6,71-35-21-7)72-36-22-8)90(82-55-63-86(64-56-82)93(73-37-23-9,74-38-24-10)75-39-25-11)83-57-65-87(66-58-83)94(76-40-26-12,77-41-27-13)78-42-28-14/h51-66,79H,15-50,67-78H2,1-14H3. The number of benzene rings is 4. The quantitative estimate of drug-likeness (QED) is 0.0242. The highest BCUT2D eigenvalue weighted by Gasteiger charge is 2.41. The fourth-order valence-electron chi connectivity index (χ4n) is 16.8. The van der Waals surface area contributed by atoms with Crippen LogP contribution in [-0.4, -0.2) is 42.8 Å². The highest BCUT2D eigenvalue weighted by atomic mass is 31.2. The van der Waals surface area contributed by atoms with Crippen molar-refractivity contribution in [3.8, 4) is 0 Å². The summed E-state index contributed by atoms with van der Waals surface area (Å²) in [5.41, 5.74) is 0. The van der Waals surface area contributed by atoms with Gasteiger partial charge in [-0.15, -0.1) is 0 Å². The van der Waals surface area contributed by atoms with Gasteiger partial charge in [0, 0.05) is 22.2 Å². The smallest absolute Gasteiger partial charge is 0.0867 e. The van der Waals surface area contributed by atoms with Gasteiger partial charge in [-0.1, -0.05) is 506 Å². The van der Waals surface area contributed by atoms with Gasteiger partial charge in [0.05, 0.1) is 32.3 Å². The molecule has 0 N–H and O–H groups in total. The molecule has 7 heteroatoms.